The second-order valence-electron chi connectivity index (χ2n) is 5.38. The van der Waals surface area contributed by atoms with Gasteiger partial charge in [0.25, 0.3) is 0 Å². The van der Waals surface area contributed by atoms with Crippen LogP contribution in [0.5, 0.6) is 5.75 Å². The maximum absolute atomic E-state index is 5.31. The fourth-order valence-corrected chi connectivity index (χ4v) is 2.52. The summed E-state index contributed by atoms with van der Waals surface area (Å²) in [7, 11) is 1.69. The number of hydrogen-bond donors (Lipinski definition) is 1. The summed E-state index contributed by atoms with van der Waals surface area (Å²) in [5.41, 5.74) is 2.37. The largest absolute Gasteiger partial charge is 0.497 e. The van der Waals surface area contributed by atoms with Gasteiger partial charge >= 0.3 is 0 Å². The molecule has 1 aromatic carbocycles. The molecular formula is C16H22BrN3O. The molecule has 0 bridgehead atoms. The van der Waals surface area contributed by atoms with Crippen LogP contribution >= 0.6 is 15.9 Å². The highest BCUT2D eigenvalue weighted by Crippen LogP contribution is 2.24. The number of hydrogen-bond acceptors (Lipinski definition) is 3. The van der Waals surface area contributed by atoms with Crippen molar-refractivity contribution in [3.05, 3.63) is 46.0 Å². The highest BCUT2D eigenvalue weighted by molar-refractivity contribution is 9.10. The van der Waals surface area contributed by atoms with E-state index in [2.05, 4.69) is 50.7 Å². The van der Waals surface area contributed by atoms with Crippen molar-refractivity contribution in [2.75, 3.05) is 7.11 Å². The molecule has 2 rings (SSSR count). The molecule has 1 N–H and O–H groups in total. The van der Waals surface area contributed by atoms with Crippen molar-refractivity contribution in [2.24, 2.45) is 0 Å². The third kappa shape index (κ3) is 4.08. The molecule has 0 unspecified atom stereocenters. The summed E-state index contributed by atoms with van der Waals surface area (Å²) in [4.78, 5) is 4.44. The molecule has 0 atom stereocenters. The summed E-state index contributed by atoms with van der Waals surface area (Å²) in [6, 6.07) is 6.49. The topological polar surface area (TPSA) is 39.1 Å². The Kier molecular flexibility index (Phi) is 5.42. The van der Waals surface area contributed by atoms with Crippen molar-refractivity contribution in [3.63, 3.8) is 0 Å². The van der Waals surface area contributed by atoms with E-state index >= 15 is 0 Å². The van der Waals surface area contributed by atoms with Gasteiger partial charge in [0, 0.05) is 23.3 Å². The molecule has 0 aliphatic rings. The van der Waals surface area contributed by atoms with Gasteiger partial charge in [-0.3, -0.25) is 0 Å². The molecule has 0 aliphatic heterocycles. The Morgan fingerprint density at radius 2 is 2.14 bits per heavy atom. The Morgan fingerprint density at radius 1 is 1.38 bits per heavy atom. The molecule has 0 radical (unpaired) electrons. The molecular weight excluding hydrogens is 330 g/mol. The van der Waals surface area contributed by atoms with Gasteiger partial charge in [-0.1, -0.05) is 29.8 Å². The molecule has 21 heavy (non-hydrogen) atoms. The summed E-state index contributed by atoms with van der Waals surface area (Å²) in [6.07, 6.45) is 1.94. The molecule has 5 heteroatoms. The number of ether oxygens (including phenoxy) is 1. The van der Waals surface area contributed by atoms with Crippen LogP contribution in [0.3, 0.4) is 0 Å². The zero-order valence-corrected chi connectivity index (χ0v) is 14.6. The lowest BCUT2D eigenvalue weighted by atomic mass is 10.2. The number of nitrogens with one attached hydrogen (secondary N) is 1. The smallest absolute Gasteiger partial charge is 0.119 e. The third-order valence-electron chi connectivity index (χ3n) is 3.41. The van der Waals surface area contributed by atoms with E-state index in [4.69, 9.17) is 4.74 Å². The SMILES string of the molecule is COc1ccc(Br)c(Cn2c(CNC(C)C)cnc2C)c1. The third-order valence-corrected chi connectivity index (χ3v) is 4.18. The number of imidazole rings is 1. The van der Waals surface area contributed by atoms with E-state index in [1.54, 1.807) is 7.11 Å². The van der Waals surface area contributed by atoms with Crippen molar-refractivity contribution in [3.8, 4) is 5.75 Å². The number of aryl methyl sites for hydroxylation is 1. The van der Waals surface area contributed by atoms with Crippen LogP contribution in [0.1, 0.15) is 30.9 Å². The van der Waals surface area contributed by atoms with Gasteiger partial charge in [-0.2, -0.15) is 0 Å². The number of halogens is 1. The van der Waals surface area contributed by atoms with E-state index in [9.17, 15) is 0 Å². The van der Waals surface area contributed by atoms with Crippen LogP contribution in [0.2, 0.25) is 0 Å². The minimum Gasteiger partial charge on any atom is -0.497 e. The average molecular weight is 352 g/mol. The maximum Gasteiger partial charge on any atom is 0.119 e. The van der Waals surface area contributed by atoms with Crippen LogP contribution in [-0.2, 0) is 13.1 Å². The lowest BCUT2D eigenvalue weighted by Gasteiger charge is -2.14. The van der Waals surface area contributed by atoms with Crippen molar-refractivity contribution < 1.29 is 4.74 Å². The molecule has 0 saturated heterocycles. The Morgan fingerprint density at radius 3 is 2.81 bits per heavy atom. The second kappa shape index (κ2) is 7.09. The first kappa shape index (κ1) is 16.0. The molecule has 0 fully saturated rings. The lowest BCUT2D eigenvalue weighted by molar-refractivity contribution is 0.414. The first-order valence-electron chi connectivity index (χ1n) is 7.08. The van der Waals surface area contributed by atoms with E-state index in [-0.39, 0.29) is 0 Å². The number of rotatable bonds is 6. The standard InChI is InChI=1S/C16H22BrN3O/c1-11(2)18-8-14-9-19-12(3)20(14)10-13-7-15(21-4)5-6-16(13)17/h5-7,9,11,18H,8,10H2,1-4H3. The molecule has 1 heterocycles. The highest BCUT2D eigenvalue weighted by Gasteiger charge is 2.10. The van der Waals surface area contributed by atoms with Gasteiger partial charge in [-0.25, -0.2) is 4.98 Å². The molecule has 114 valence electrons. The molecule has 0 saturated carbocycles. The van der Waals surface area contributed by atoms with Gasteiger partial charge in [0.2, 0.25) is 0 Å². The molecule has 0 aliphatic carbocycles. The number of aromatic nitrogens is 2. The summed E-state index contributed by atoms with van der Waals surface area (Å²) in [5, 5.41) is 3.44. The van der Waals surface area contributed by atoms with Crippen LogP contribution in [0.25, 0.3) is 0 Å². The summed E-state index contributed by atoms with van der Waals surface area (Å²) in [6.45, 7) is 7.92. The molecule has 0 spiro atoms. The van der Waals surface area contributed by atoms with Crippen molar-refractivity contribution >= 4 is 15.9 Å². The average Bonchev–Trinajstić information content (AvgIpc) is 2.80. The van der Waals surface area contributed by atoms with Gasteiger partial charge in [0.05, 0.1) is 19.3 Å². The van der Waals surface area contributed by atoms with Gasteiger partial charge in [-0.05, 0) is 30.7 Å². The van der Waals surface area contributed by atoms with Crippen molar-refractivity contribution in [1.29, 1.82) is 0 Å². The fraction of sp³-hybridized carbons (Fsp3) is 0.438. The predicted molar refractivity (Wildman–Crippen MR) is 88.7 cm³/mol. The summed E-state index contributed by atoms with van der Waals surface area (Å²) >= 11 is 3.61. The van der Waals surface area contributed by atoms with Crippen LogP contribution in [-0.4, -0.2) is 22.7 Å². The van der Waals surface area contributed by atoms with Gasteiger partial charge in [0.1, 0.15) is 11.6 Å². The molecule has 4 nitrogen and oxygen atoms in total. The second-order valence-corrected chi connectivity index (χ2v) is 6.23. The normalized spacial score (nSPS) is 11.1. The zero-order valence-electron chi connectivity index (χ0n) is 13.0. The van der Waals surface area contributed by atoms with Crippen LogP contribution < -0.4 is 10.1 Å². The molecule has 0 amide bonds. The maximum atomic E-state index is 5.31. The van der Waals surface area contributed by atoms with Gasteiger partial charge < -0.3 is 14.6 Å². The molecule has 2 aromatic rings. The van der Waals surface area contributed by atoms with Crippen LogP contribution in [0, 0.1) is 6.92 Å². The van der Waals surface area contributed by atoms with Crippen molar-refractivity contribution in [2.45, 2.75) is 39.9 Å². The quantitative estimate of drug-likeness (QED) is 0.865. The van der Waals surface area contributed by atoms with E-state index < -0.39 is 0 Å². The van der Waals surface area contributed by atoms with Gasteiger partial charge in [0.15, 0.2) is 0 Å². The van der Waals surface area contributed by atoms with E-state index in [0.29, 0.717) is 6.04 Å². The Hall–Kier alpha value is -1.33. The highest BCUT2D eigenvalue weighted by atomic mass is 79.9. The predicted octanol–water partition coefficient (Wildman–Crippen LogP) is 3.51. The van der Waals surface area contributed by atoms with E-state index in [1.165, 1.54) is 11.3 Å². The van der Waals surface area contributed by atoms with Gasteiger partial charge in [-0.15, -0.1) is 0 Å². The van der Waals surface area contributed by atoms with Crippen LogP contribution in [0.4, 0.5) is 0 Å². The zero-order chi connectivity index (χ0) is 15.4. The van der Waals surface area contributed by atoms with Crippen molar-refractivity contribution in [1.82, 2.24) is 14.9 Å². The minimum atomic E-state index is 0.456. The Bertz CT molecular complexity index is 608. The van der Waals surface area contributed by atoms with Crippen LogP contribution in [0.15, 0.2) is 28.9 Å². The summed E-state index contributed by atoms with van der Waals surface area (Å²) in [5.74, 6) is 1.89. The number of methoxy groups -OCH3 is 1. The summed E-state index contributed by atoms with van der Waals surface area (Å²) < 4.78 is 8.62. The number of nitrogens with zero attached hydrogens (tertiary/aromatic N) is 2. The first-order chi connectivity index (χ1) is 10.0. The molecule has 1 aromatic heterocycles. The minimum absolute atomic E-state index is 0.456. The van der Waals surface area contributed by atoms with E-state index in [1.807, 2.05) is 25.3 Å². The first-order valence-corrected chi connectivity index (χ1v) is 7.87. The Labute approximate surface area is 134 Å². The lowest BCUT2D eigenvalue weighted by Crippen LogP contribution is -2.23. The monoisotopic (exact) mass is 351 g/mol. The fourth-order valence-electron chi connectivity index (χ4n) is 2.15. The Balaban J connectivity index is 2.24. The number of benzene rings is 1. The van der Waals surface area contributed by atoms with E-state index in [0.717, 1.165) is 29.1 Å².